The highest BCUT2D eigenvalue weighted by molar-refractivity contribution is 4.64. The fourth-order valence-corrected chi connectivity index (χ4v) is 1.07. The van der Waals surface area contributed by atoms with Crippen LogP contribution in [0.5, 0.6) is 0 Å². The monoisotopic (exact) mass is 176 g/mol. The summed E-state index contributed by atoms with van der Waals surface area (Å²) in [7, 11) is 1.41. The Morgan fingerprint density at radius 1 is 1.25 bits per heavy atom. The number of aliphatic hydroxyl groups excluding tert-OH is 1. The van der Waals surface area contributed by atoms with Crippen LogP contribution in [0.2, 0.25) is 0 Å². The van der Waals surface area contributed by atoms with Crippen molar-refractivity contribution in [3.63, 3.8) is 0 Å². The molecule has 0 aliphatic heterocycles. The first kappa shape index (κ1) is 11.9. The van der Waals surface area contributed by atoms with Crippen LogP contribution in [0.1, 0.15) is 39.0 Å². The molecule has 2 N–H and O–H groups in total. The lowest BCUT2D eigenvalue weighted by Crippen LogP contribution is -2.35. The second-order valence-corrected chi connectivity index (χ2v) is 3.12. The molecule has 0 aromatic carbocycles. The lowest BCUT2D eigenvalue weighted by molar-refractivity contribution is -0.212. The minimum absolute atomic E-state index is 0.324. The molecule has 0 heterocycles. The molecule has 74 valence electrons. The van der Waals surface area contributed by atoms with Crippen LogP contribution in [0.3, 0.4) is 0 Å². The molecule has 3 heteroatoms. The van der Waals surface area contributed by atoms with E-state index >= 15 is 0 Å². The third kappa shape index (κ3) is 4.70. The molecule has 0 amide bonds. The Morgan fingerprint density at radius 2 is 1.92 bits per heavy atom. The minimum atomic E-state index is -1.31. The summed E-state index contributed by atoms with van der Waals surface area (Å²) in [5.41, 5.74) is 0. The van der Waals surface area contributed by atoms with Crippen LogP contribution in [0.25, 0.3) is 0 Å². The normalized spacial score (nSPS) is 16.0. The highest BCUT2D eigenvalue weighted by atomic mass is 16.6. The first-order valence-electron chi connectivity index (χ1n) is 4.57. The van der Waals surface area contributed by atoms with Gasteiger partial charge in [0.05, 0.1) is 6.61 Å². The molecular weight excluding hydrogens is 156 g/mol. The van der Waals surface area contributed by atoms with Crippen LogP contribution in [-0.2, 0) is 4.74 Å². The van der Waals surface area contributed by atoms with E-state index in [2.05, 4.69) is 6.92 Å². The van der Waals surface area contributed by atoms with Crippen LogP contribution in [0.4, 0.5) is 0 Å². The maximum Gasteiger partial charge on any atom is 0.188 e. The maximum absolute atomic E-state index is 9.46. The Balaban J connectivity index is 3.45. The Morgan fingerprint density at radius 3 is 2.33 bits per heavy atom. The predicted octanol–water partition coefficient (Wildman–Crippen LogP) is 1.28. The zero-order valence-electron chi connectivity index (χ0n) is 8.05. The maximum atomic E-state index is 9.46. The van der Waals surface area contributed by atoms with Crippen molar-refractivity contribution in [3.05, 3.63) is 0 Å². The van der Waals surface area contributed by atoms with Crippen molar-refractivity contribution < 1.29 is 14.9 Å². The lowest BCUT2D eigenvalue weighted by Gasteiger charge is -2.23. The molecule has 0 saturated carbocycles. The molecule has 12 heavy (non-hydrogen) atoms. The quantitative estimate of drug-likeness (QED) is 0.454. The first-order valence-corrected chi connectivity index (χ1v) is 4.57. The molecule has 0 fully saturated rings. The molecular formula is C9H20O3. The van der Waals surface area contributed by atoms with E-state index in [-0.39, 0.29) is 6.61 Å². The van der Waals surface area contributed by atoms with Gasteiger partial charge in [-0.25, -0.2) is 0 Å². The van der Waals surface area contributed by atoms with Gasteiger partial charge < -0.3 is 14.9 Å². The van der Waals surface area contributed by atoms with E-state index in [1.54, 1.807) is 0 Å². The third-order valence-electron chi connectivity index (χ3n) is 2.05. The molecule has 1 unspecified atom stereocenters. The van der Waals surface area contributed by atoms with Gasteiger partial charge in [-0.1, -0.05) is 26.2 Å². The average molecular weight is 176 g/mol. The van der Waals surface area contributed by atoms with E-state index in [9.17, 15) is 5.11 Å². The molecule has 0 saturated heterocycles. The Labute approximate surface area is 74.4 Å². The SMILES string of the molecule is CCCCCCC(O)(CO)OC. The molecule has 3 nitrogen and oxygen atoms in total. The van der Waals surface area contributed by atoms with Gasteiger partial charge >= 0.3 is 0 Å². The Kier molecular flexibility index (Phi) is 6.34. The lowest BCUT2D eigenvalue weighted by atomic mass is 10.1. The van der Waals surface area contributed by atoms with Crippen LogP contribution in [-0.4, -0.2) is 29.7 Å². The number of rotatable bonds is 7. The minimum Gasteiger partial charge on any atom is -0.391 e. The second-order valence-electron chi connectivity index (χ2n) is 3.12. The van der Waals surface area contributed by atoms with Crippen molar-refractivity contribution in [1.82, 2.24) is 0 Å². The van der Waals surface area contributed by atoms with Gasteiger partial charge in [-0.3, -0.25) is 0 Å². The number of hydrogen-bond acceptors (Lipinski definition) is 3. The van der Waals surface area contributed by atoms with E-state index < -0.39 is 5.79 Å². The standard InChI is InChI=1S/C9H20O3/c1-3-4-5-6-7-9(11,8-10)12-2/h10-11H,3-8H2,1-2H3. The first-order chi connectivity index (χ1) is 5.68. The number of ether oxygens (including phenoxy) is 1. The molecule has 0 bridgehead atoms. The molecule has 0 aromatic rings. The van der Waals surface area contributed by atoms with E-state index in [0.717, 1.165) is 12.8 Å². The Hall–Kier alpha value is -0.120. The summed E-state index contributed by atoms with van der Waals surface area (Å²) in [5.74, 6) is -1.31. The fourth-order valence-electron chi connectivity index (χ4n) is 1.07. The summed E-state index contributed by atoms with van der Waals surface area (Å²) in [6.45, 7) is 1.81. The highest BCUT2D eigenvalue weighted by Gasteiger charge is 2.23. The van der Waals surface area contributed by atoms with Gasteiger partial charge in [-0.15, -0.1) is 0 Å². The predicted molar refractivity (Wildman–Crippen MR) is 47.8 cm³/mol. The van der Waals surface area contributed by atoms with Crippen molar-refractivity contribution in [2.45, 2.75) is 44.8 Å². The number of aliphatic hydroxyl groups is 2. The van der Waals surface area contributed by atoms with Gasteiger partial charge in [0.1, 0.15) is 0 Å². The van der Waals surface area contributed by atoms with Crippen molar-refractivity contribution in [3.8, 4) is 0 Å². The van der Waals surface area contributed by atoms with Crippen LogP contribution in [0, 0.1) is 0 Å². The Bertz CT molecular complexity index is 99.9. The van der Waals surface area contributed by atoms with Gasteiger partial charge in [0.25, 0.3) is 0 Å². The summed E-state index contributed by atoms with van der Waals surface area (Å²) in [6, 6.07) is 0. The largest absolute Gasteiger partial charge is 0.391 e. The van der Waals surface area contributed by atoms with E-state index in [0.29, 0.717) is 6.42 Å². The van der Waals surface area contributed by atoms with Crippen molar-refractivity contribution in [2.24, 2.45) is 0 Å². The zero-order valence-corrected chi connectivity index (χ0v) is 8.05. The number of hydrogen-bond donors (Lipinski definition) is 2. The topological polar surface area (TPSA) is 49.7 Å². The summed E-state index contributed by atoms with van der Waals surface area (Å²) in [5, 5.41) is 18.2. The zero-order chi connectivity index (χ0) is 9.45. The highest BCUT2D eigenvalue weighted by Crippen LogP contribution is 2.15. The summed E-state index contributed by atoms with van der Waals surface area (Å²) in [4.78, 5) is 0. The molecule has 0 aromatic heterocycles. The van der Waals surface area contributed by atoms with Crippen LogP contribution in [0.15, 0.2) is 0 Å². The number of methoxy groups -OCH3 is 1. The smallest absolute Gasteiger partial charge is 0.188 e. The van der Waals surface area contributed by atoms with Crippen LogP contribution >= 0.6 is 0 Å². The van der Waals surface area contributed by atoms with Crippen LogP contribution < -0.4 is 0 Å². The van der Waals surface area contributed by atoms with E-state index in [4.69, 9.17) is 9.84 Å². The third-order valence-corrected chi connectivity index (χ3v) is 2.05. The van der Waals surface area contributed by atoms with E-state index in [1.807, 2.05) is 0 Å². The van der Waals surface area contributed by atoms with Gasteiger partial charge in [0.2, 0.25) is 0 Å². The number of unbranched alkanes of at least 4 members (excludes halogenated alkanes) is 3. The second kappa shape index (κ2) is 6.40. The van der Waals surface area contributed by atoms with Crippen molar-refractivity contribution in [2.75, 3.05) is 13.7 Å². The summed E-state index contributed by atoms with van der Waals surface area (Å²) >= 11 is 0. The summed E-state index contributed by atoms with van der Waals surface area (Å²) in [6.07, 6.45) is 4.84. The van der Waals surface area contributed by atoms with Crippen molar-refractivity contribution in [1.29, 1.82) is 0 Å². The fraction of sp³-hybridized carbons (Fsp3) is 1.00. The molecule has 0 aliphatic rings. The van der Waals surface area contributed by atoms with Crippen molar-refractivity contribution >= 4 is 0 Å². The molecule has 0 rings (SSSR count). The van der Waals surface area contributed by atoms with Gasteiger partial charge in [-0.2, -0.15) is 0 Å². The molecule has 0 radical (unpaired) electrons. The van der Waals surface area contributed by atoms with Gasteiger partial charge in [0, 0.05) is 13.5 Å². The van der Waals surface area contributed by atoms with E-state index in [1.165, 1.54) is 20.0 Å². The molecule has 0 spiro atoms. The van der Waals surface area contributed by atoms with Gasteiger partial charge in [-0.05, 0) is 6.42 Å². The van der Waals surface area contributed by atoms with Gasteiger partial charge in [0.15, 0.2) is 5.79 Å². The molecule has 1 atom stereocenters. The molecule has 0 aliphatic carbocycles. The summed E-state index contributed by atoms with van der Waals surface area (Å²) < 4.78 is 4.77. The average Bonchev–Trinajstić information content (AvgIpc) is 2.12.